The molecule has 110 valence electrons. The van der Waals surface area contributed by atoms with Gasteiger partial charge in [0.15, 0.2) is 0 Å². The maximum Gasteiger partial charge on any atom is 0.147 e. The van der Waals surface area contributed by atoms with Gasteiger partial charge in [-0.05, 0) is 48.7 Å². The summed E-state index contributed by atoms with van der Waals surface area (Å²) < 4.78 is 14.0. The second-order valence-electron chi connectivity index (χ2n) is 4.98. The van der Waals surface area contributed by atoms with Gasteiger partial charge in [-0.25, -0.2) is 4.39 Å². The fourth-order valence-corrected chi connectivity index (χ4v) is 2.19. The van der Waals surface area contributed by atoms with Crippen molar-refractivity contribution in [3.05, 3.63) is 59.4 Å². The number of unbranched alkanes of at least 4 members (excludes halogenated alkanes) is 1. The third-order valence-corrected chi connectivity index (χ3v) is 3.54. The summed E-state index contributed by atoms with van der Waals surface area (Å²) in [6.45, 7) is 2.18. The Kier molecular flexibility index (Phi) is 5.28. The summed E-state index contributed by atoms with van der Waals surface area (Å²) in [6.07, 6.45) is 3.44. The number of benzene rings is 2. The maximum absolute atomic E-state index is 14.0. The quantitative estimate of drug-likeness (QED) is 0.769. The molecule has 2 rings (SSSR count). The number of hydrogen-bond acceptors (Lipinski definition) is 2. The van der Waals surface area contributed by atoms with E-state index in [1.165, 1.54) is 24.5 Å². The van der Waals surface area contributed by atoms with Gasteiger partial charge in [-0.2, -0.15) is 0 Å². The highest BCUT2D eigenvalue weighted by atomic mass is 32.1. The third kappa shape index (κ3) is 4.26. The molecule has 0 aliphatic heterocycles. The van der Waals surface area contributed by atoms with Crippen LogP contribution in [0.2, 0.25) is 0 Å². The lowest BCUT2D eigenvalue weighted by atomic mass is 10.1. The van der Waals surface area contributed by atoms with Crippen molar-refractivity contribution in [2.75, 3.05) is 5.32 Å². The van der Waals surface area contributed by atoms with Crippen molar-refractivity contribution in [1.82, 2.24) is 0 Å². The van der Waals surface area contributed by atoms with E-state index in [0.717, 1.165) is 12.1 Å². The van der Waals surface area contributed by atoms with Gasteiger partial charge in [0, 0.05) is 11.3 Å². The molecule has 0 atom stereocenters. The second kappa shape index (κ2) is 7.18. The molecule has 0 fully saturated rings. The van der Waals surface area contributed by atoms with E-state index in [0.29, 0.717) is 11.3 Å². The summed E-state index contributed by atoms with van der Waals surface area (Å²) >= 11 is 4.83. The molecule has 0 bridgehead atoms. The molecule has 3 N–H and O–H groups in total. The van der Waals surface area contributed by atoms with Crippen molar-refractivity contribution in [1.29, 1.82) is 0 Å². The largest absolute Gasteiger partial charge is 0.389 e. The predicted molar refractivity (Wildman–Crippen MR) is 90.6 cm³/mol. The smallest absolute Gasteiger partial charge is 0.147 e. The van der Waals surface area contributed by atoms with E-state index in [9.17, 15) is 4.39 Å². The van der Waals surface area contributed by atoms with E-state index >= 15 is 0 Å². The molecular formula is C17H19FN2S. The number of rotatable bonds is 6. The molecule has 0 saturated carbocycles. The first-order valence-electron chi connectivity index (χ1n) is 7.05. The lowest BCUT2D eigenvalue weighted by Gasteiger charge is -2.09. The highest BCUT2D eigenvalue weighted by Gasteiger charge is 2.05. The van der Waals surface area contributed by atoms with Crippen LogP contribution in [0.25, 0.3) is 0 Å². The molecule has 4 heteroatoms. The molecule has 0 aliphatic carbocycles. The SMILES string of the molecule is CCCCc1ccc(Nc2ccc(C(N)=S)cc2F)cc1. The van der Waals surface area contributed by atoms with Crippen LogP contribution in [-0.4, -0.2) is 4.99 Å². The van der Waals surface area contributed by atoms with Gasteiger partial charge in [0.1, 0.15) is 10.8 Å². The van der Waals surface area contributed by atoms with Crippen molar-refractivity contribution in [2.24, 2.45) is 5.73 Å². The highest BCUT2D eigenvalue weighted by molar-refractivity contribution is 7.80. The van der Waals surface area contributed by atoms with E-state index in [1.54, 1.807) is 12.1 Å². The summed E-state index contributed by atoms with van der Waals surface area (Å²) in [6, 6.07) is 12.8. The van der Waals surface area contributed by atoms with E-state index in [-0.39, 0.29) is 10.8 Å². The molecule has 21 heavy (non-hydrogen) atoms. The Labute approximate surface area is 130 Å². The van der Waals surface area contributed by atoms with Crippen molar-refractivity contribution in [3.8, 4) is 0 Å². The molecule has 2 aromatic rings. The van der Waals surface area contributed by atoms with Crippen molar-refractivity contribution >= 4 is 28.6 Å². The normalized spacial score (nSPS) is 10.4. The molecule has 0 aliphatic rings. The Morgan fingerprint density at radius 1 is 1.19 bits per heavy atom. The highest BCUT2D eigenvalue weighted by Crippen LogP contribution is 2.21. The second-order valence-corrected chi connectivity index (χ2v) is 5.42. The summed E-state index contributed by atoms with van der Waals surface area (Å²) in [5, 5.41) is 3.06. The topological polar surface area (TPSA) is 38.0 Å². The maximum atomic E-state index is 14.0. The molecule has 0 aromatic heterocycles. The van der Waals surface area contributed by atoms with Crippen LogP contribution < -0.4 is 11.1 Å². The average Bonchev–Trinajstić information content (AvgIpc) is 2.48. The Bertz CT molecular complexity index is 623. The van der Waals surface area contributed by atoms with Gasteiger partial charge >= 0.3 is 0 Å². The van der Waals surface area contributed by atoms with Gasteiger partial charge in [0.05, 0.1) is 5.69 Å². The molecule has 0 unspecified atom stereocenters. The summed E-state index contributed by atoms with van der Waals surface area (Å²) in [4.78, 5) is 0.195. The number of hydrogen-bond donors (Lipinski definition) is 2. The first kappa shape index (κ1) is 15.4. The minimum Gasteiger partial charge on any atom is -0.389 e. The van der Waals surface area contributed by atoms with Gasteiger partial charge in [-0.3, -0.25) is 0 Å². The van der Waals surface area contributed by atoms with Gasteiger partial charge < -0.3 is 11.1 Å². The number of thiocarbonyl (C=S) groups is 1. The number of aryl methyl sites for hydroxylation is 1. The summed E-state index contributed by atoms with van der Waals surface area (Å²) in [7, 11) is 0. The number of nitrogens with two attached hydrogens (primary N) is 1. The number of anilines is 2. The van der Waals surface area contributed by atoms with E-state index in [2.05, 4.69) is 24.4 Å². The Balaban J connectivity index is 2.09. The van der Waals surface area contributed by atoms with Crippen LogP contribution >= 0.6 is 12.2 Å². The monoisotopic (exact) mass is 302 g/mol. The molecular weight excluding hydrogens is 283 g/mol. The zero-order valence-corrected chi connectivity index (χ0v) is 12.8. The van der Waals surface area contributed by atoms with Crippen LogP contribution in [0, 0.1) is 5.82 Å². The Hall–Kier alpha value is -1.94. The number of nitrogens with one attached hydrogen (secondary N) is 1. The fraction of sp³-hybridized carbons (Fsp3) is 0.235. The molecule has 2 nitrogen and oxygen atoms in total. The predicted octanol–water partition coefficient (Wildman–Crippen LogP) is 4.55. The van der Waals surface area contributed by atoms with Crippen LogP contribution in [0.5, 0.6) is 0 Å². The standard InChI is InChI=1S/C17H19FN2S/c1-2-3-4-12-5-8-14(9-6-12)20-16-10-7-13(17(19)21)11-15(16)18/h5-11,20H,2-4H2,1H3,(H2,19,21). The summed E-state index contributed by atoms with van der Waals surface area (Å²) in [5.74, 6) is -0.365. The van der Waals surface area contributed by atoms with E-state index < -0.39 is 0 Å². The minimum atomic E-state index is -0.365. The fourth-order valence-electron chi connectivity index (χ4n) is 2.06. The molecule has 0 spiro atoms. The van der Waals surface area contributed by atoms with Crippen LogP contribution in [0.1, 0.15) is 30.9 Å². The van der Waals surface area contributed by atoms with E-state index in [1.807, 2.05) is 12.1 Å². The lowest BCUT2D eigenvalue weighted by molar-refractivity contribution is 0.631. The molecule has 0 amide bonds. The van der Waals surface area contributed by atoms with Crippen LogP contribution in [-0.2, 0) is 6.42 Å². The molecule has 0 radical (unpaired) electrons. The van der Waals surface area contributed by atoms with Gasteiger partial charge in [-0.1, -0.05) is 37.7 Å². The molecule has 2 aromatic carbocycles. The molecule has 0 saturated heterocycles. The van der Waals surface area contributed by atoms with Crippen molar-refractivity contribution in [2.45, 2.75) is 26.2 Å². The number of halogens is 1. The van der Waals surface area contributed by atoms with E-state index in [4.69, 9.17) is 18.0 Å². The zero-order chi connectivity index (χ0) is 15.2. The van der Waals surface area contributed by atoms with Gasteiger partial charge in [0.2, 0.25) is 0 Å². The van der Waals surface area contributed by atoms with Crippen LogP contribution in [0.3, 0.4) is 0 Å². The van der Waals surface area contributed by atoms with Gasteiger partial charge in [0.25, 0.3) is 0 Å². The molecule has 0 heterocycles. The van der Waals surface area contributed by atoms with Crippen LogP contribution in [0.15, 0.2) is 42.5 Å². The lowest BCUT2D eigenvalue weighted by Crippen LogP contribution is -2.09. The van der Waals surface area contributed by atoms with Gasteiger partial charge in [-0.15, -0.1) is 0 Å². The third-order valence-electron chi connectivity index (χ3n) is 3.31. The Morgan fingerprint density at radius 3 is 2.48 bits per heavy atom. The zero-order valence-electron chi connectivity index (χ0n) is 12.0. The average molecular weight is 302 g/mol. The van der Waals surface area contributed by atoms with Crippen LogP contribution in [0.4, 0.5) is 15.8 Å². The Morgan fingerprint density at radius 2 is 1.90 bits per heavy atom. The van der Waals surface area contributed by atoms with Crippen molar-refractivity contribution in [3.63, 3.8) is 0 Å². The minimum absolute atomic E-state index is 0.195. The van der Waals surface area contributed by atoms with Crippen molar-refractivity contribution < 1.29 is 4.39 Å². The first-order chi connectivity index (χ1) is 10.1. The summed E-state index contributed by atoms with van der Waals surface area (Å²) in [5.41, 5.74) is 8.59. The first-order valence-corrected chi connectivity index (χ1v) is 7.46.